The molecule has 0 atom stereocenters. The van der Waals surface area contributed by atoms with E-state index in [4.69, 9.17) is 18.6 Å². The molecule has 43 heavy (non-hydrogen) atoms. The molecule has 1 saturated heterocycles. The van der Waals surface area contributed by atoms with Crippen molar-refractivity contribution in [3.05, 3.63) is 65.2 Å². The quantitative estimate of drug-likeness (QED) is 0.311. The zero-order valence-electron chi connectivity index (χ0n) is 24.7. The van der Waals surface area contributed by atoms with Crippen LogP contribution in [0.1, 0.15) is 39.3 Å². The molecule has 4 aromatic heterocycles. The molecule has 0 radical (unpaired) electrons. The van der Waals surface area contributed by atoms with E-state index in [9.17, 15) is 9.59 Å². The van der Waals surface area contributed by atoms with Crippen LogP contribution < -0.4 is 15.0 Å². The monoisotopic (exact) mass is 588 g/mol. The minimum Gasteiger partial charge on any atom is -0.486 e. The Labute approximate surface area is 249 Å². The van der Waals surface area contributed by atoms with Crippen molar-refractivity contribution < 1.29 is 23.4 Å². The normalized spacial score (nSPS) is 15.9. The minimum absolute atomic E-state index is 0.0322. The summed E-state index contributed by atoms with van der Waals surface area (Å²) in [6.45, 7) is 9.91. The lowest BCUT2D eigenvalue weighted by Gasteiger charge is -2.44. The molecule has 6 rings (SSSR count). The first-order valence-corrected chi connectivity index (χ1v) is 14.6. The molecule has 226 valence electrons. The predicted octanol–water partition coefficient (Wildman–Crippen LogP) is 4.12. The van der Waals surface area contributed by atoms with Gasteiger partial charge in [0.25, 0.3) is 5.56 Å². The molecule has 0 saturated carbocycles. The second-order valence-electron chi connectivity index (χ2n) is 11.8. The van der Waals surface area contributed by atoms with Crippen molar-refractivity contribution in [2.45, 2.75) is 58.3 Å². The van der Waals surface area contributed by atoms with Crippen LogP contribution in [-0.4, -0.2) is 79.8 Å². The number of pyridine rings is 3. The van der Waals surface area contributed by atoms with E-state index in [2.05, 4.69) is 19.9 Å². The number of ether oxygens (including phenoxy) is 3. The van der Waals surface area contributed by atoms with Gasteiger partial charge in [0.15, 0.2) is 11.5 Å². The highest BCUT2D eigenvalue weighted by molar-refractivity contribution is 5.78. The van der Waals surface area contributed by atoms with E-state index >= 15 is 0 Å². The maximum absolute atomic E-state index is 13.4. The van der Waals surface area contributed by atoms with Gasteiger partial charge in [-0.25, -0.2) is 9.78 Å². The number of oxazole rings is 1. The van der Waals surface area contributed by atoms with Crippen molar-refractivity contribution in [1.82, 2.24) is 29.3 Å². The first kappa shape index (κ1) is 28.7. The van der Waals surface area contributed by atoms with Gasteiger partial charge in [-0.05, 0) is 45.7 Å². The lowest BCUT2D eigenvalue weighted by atomic mass is 9.97. The molecule has 12 nitrogen and oxygen atoms in total. The maximum Gasteiger partial charge on any atom is 0.410 e. The van der Waals surface area contributed by atoms with E-state index in [0.29, 0.717) is 49.4 Å². The number of carbonyl (C=O) groups excluding carboxylic acids is 1. The van der Waals surface area contributed by atoms with Crippen molar-refractivity contribution in [1.29, 1.82) is 0 Å². The Morgan fingerprint density at radius 3 is 2.56 bits per heavy atom. The number of hydrogen-bond acceptors (Lipinski definition) is 10. The summed E-state index contributed by atoms with van der Waals surface area (Å²) < 4.78 is 24.1. The van der Waals surface area contributed by atoms with Gasteiger partial charge in [-0.15, -0.1) is 0 Å². The van der Waals surface area contributed by atoms with Gasteiger partial charge >= 0.3 is 6.09 Å². The topological polar surface area (TPSA) is 125 Å². The van der Waals surface area contributed by atoms with Crippen LogP contribution in [0.3, 0.4) is 0 Å². The lowest BCUT2D eigenvalue weighted by molar-refractivity contribution is 0.0192. The van der Waals surface area contributed by atoms with Crippen LogP contribution in [0.4, 0.5) is 4.79 Å². The molecule has 1 amide bonds. The largest absolute Gasteiger partial charge is 0.486 e. The summed E-state index contributed by atoms with van der Waals surface area (Å²) in [7, 11) is 0. The lowest BCUT2D eigenvalue weighted by Crippen LogP contribution is -2.55. The molecule has 2 aliphatic rings. The van der Waals surface area contributed by atoms with E-state index < -0.39 is 5.54 Å². The summed E-state index contributed by atoms with van der Waals surface area (Å²) >= 11 is 0. The number of piperidine rings is 1. The Morgan fingerprint density at radius 2 is 1.81 bits per heavy atom. The van der Waals surface area contributed by atoms with Gasteiger partial charge in [-0.3, -0.25) is 14.8 Å². The fraction of sp³-hybridized carbons (Fsp3) is 0.452. The van der Waals surface area contributed by atoms with Crippen LogP contribution in [0.2, 0.25) is 0 Å². The molecule has 12 heteroatoms. The minimum atomic E-state index is -0.423. The summed E-state index contributed by atoms with van der Waals surface area (Å²) in [6, 6.07) is 6.98. The second kappa shape index (κ2) is 12.0. The van der Waals surface area contributed by atoms with E-state index in [1.165, 1.54) is 6.26 Å². The van der Waals surface area contributed by atoms with Crippen molar-refractivity contribution in [3.63, 3.8) is 0 Å². The summed E-state index contributed by atoms with van der Waals surface area (Å²) in [4.78, 5) is 43.5. The Kier molecular flexibility index (Phi) is 8.02. The summed E-state index contributed by atoms with van der Waals surface area (Å²) in [5.74, 6) is 1.68. The zero-order chi connectivity index (χ0) is 30.0. The van der Waals surface area contributed by atoms with Crippen LogP contribution in [0.5, 0.6) is 11.5 Å². The zero-order valence-corrected chi connectivity index (χ0v) is 24.7. The number of nitrogens with zero attached hydrogens (tertiary/aromatic N) is 6. The third-order valence-electron chi connectivity index (χ3n) is 7.83. The van der Waals surface area contributed by atoms with Gasteiger partial charge in [0.1, 0.15) is 26.1 Å². The van der Waals surface area contributed by atoms with Crippen LogP contribution in [0.15, 0.2) is 58.3 Å². The van der Waals surface area contributed by atoms with Crippen molar-refractivity contribution >= 4 is 17.1 Å². The van der Waals surface area contributed by atoms with Crippen LogP contribution >= 0.6 is 0 Å². The number of amides is 1. The number of aromatic nitrogens is 4. The fourth-order valence-corrected chi connectivity index (χ4v) is 5.77. The summed E-state index contributed by atoms with van der Waals surface area (Å²) in [6.07, 6.45) is 7.64. The molecule has 0 bridgehead atoms. The van der Waals surface area contributed by atoms with Gasteiger partial charge < -0.3 is 33.0 Å². The predicted molar refractivity (Wildman–Crippen MR) is 158 cm³/mol. The molecule has 0 aliphatic carbocycles. The molecule has 0 unspecified atom stereocenters. The van der Waals surface area contributed by atoms with Gasteiger partial charge in [0.05, 0.1) is 34.7 Å². The molecule has 0 aromatic carbocycles. The molecule has 6 heterocycles. The molecule has 0 spiro atoms. The molecular formula is C31H36N6O6. The number of likely N-dealkylation sites (tertiary alicyclic amines) is 1. The molecule has 2 aliphatic heterocycles. The standard InChI is InChI=1S/C31H36N6O6/c1-31(2,3)37(30(39)43-20-22-17-26-27(19-33-22)41-15-14-40-26)23-6-9-35(10-7-23)11-12-36-25-16-21(29-32-8-13-42-29)18-34-24(25)4-5-28(36)38/h4-5,8,13,16-19,23H,6-7,9-12,14-15,20H2,1-3H3. The van der Waals surface area contributed by atoms with E-state index in [1.54, 1.807) is 41.4 Å². The van der Waals surface area contributed by atoms with Crippen LogP contribution in [-0.2, 0) is 17.9 Å². The number of hydrogen-bond donors (Lipinski definition) is 0. The van der Waals surface area contributed by atoms with Gasteiger partial charge in [-0.1, -0.05) is 0 Å². The van der Waals surface area contributed by atoms with Crippen molar-refractivity contribution in [3.8, 4) is 23.0 Å². The van der Waals surface area contributed by atoms with Crippen LogP contribution in [0.25, 0.3) is 22.5 Å². The molecular weight excluding hydrogens is 552 g/mol. The highest BCUT2D eigenvalue weighted by Gasteiger charge is 2.36. The number of fused-ring (bicyclic) bond motifs is 2. The first-order chi connectivity index (χ1) is 20.8. The van der Waals surface area contributed by atoms with E-state index in [0.717, 1.165) is 42.5 Å². The smallest absolute Gasteiger partial charge is 0.410 e. The van der Waals surface area contributed by atoms with Crippen LogP contribution in [0, 0.1) is 0 Å². The molecule has 4 aromatic rings. The van der Waals surface area contributed by atoms with Gasteiger partial charge in [0, 0.05) is 56.1 Å². The molecule has 0 N–H and O–H groups in total. The number of rotatable bonds is 7. The highest BCUT2D eigenvalue weighted by atomic mass is 16.6. The Bertz CT molecular complexity index is 1640. The van der Waals surface area contributed by atoms with E-state index in [1.807, 2.05) is 31.7 Å². The van der Waals surface area contributed by atoms with Gasteiger partial charge in [0.2, 0.25) is 5.89 Å². The van der Waals surface area contributed by atoms with Crippen molar-refractivity contribution in [2.75, 3.05) is 32.8 Å². The van der Waals surface area contributed by atoms with Crippen molar-refractivity contribution in [2.24, 2.45) is 0 Å². The van der Waals surface area contributed by atoms with E-state index in [-0.39, 0.29) is 24.3 Å². The van der Waals surface area contributed by atoms with Gasteiger partial charge in [-0.2, -0.15) is 0 Å². The Morgan fingerprint density at radius 1 is 1.02 bits per heavy atom. The maximum atomic E-state index is 13.4. The highest BCUT2D eigenvalue weighted by Crippen LogP contribution is 2.30. The Hall–Kier alpha value is -4.45. The summed E-state index contributed by atoms with van der Waals surface area (Å²) in [5.41, 5.74) is 2.30. The fourth-order valence-electron chi connectivity index (χ4n) is 5.77. The SMILES string of the molecule is CC(C)(C)N(C(=O)OCc1cc2c(cn1)OCCO2)C1CCN(CCn2c(=O)ccc3ncc(-c4ncco4)cc32)CC1. The number of carbonyl (C=O) groups is 1. The first-order valence-electron chi connectivity index (χ1n) is 14.6. The molecule has 1 fully saturated rings. The average molecular weight is 589 g/mol. The Balaban J connectivity index is 1.08. The second-order valence-corrected chi connectivity index (χ2v) is 11.8. The third-order valence-corrected chi connectivity index (χ3v) is 7.83. The summed E-state index contributed by atoms with van der Waals surface area (Å²) in [5, 5.41) is 0. The average Bonchev–Trinajstić information content (AvgIpc) is 3.55. The third kappa shape index (κ3) is 6.34.